The molecule has 6 heteroatoms. The molecule has 0 bridgehead atoms. The molecule has 316 valence electrons. The molecule has 0 atom stereocenters. The molecule has 2 heterocycles. The van der Waals surface area contributed by atoms with Crippen LogP contribution < -0.4 is 20.7 Å². The summed E-state index contributed by atoms with van der Waals surface area (Å²) < 4.78 is 0. The molecule has 0 unspecified atom stereocenters. The van der Waals surface area contributed by atoms with Gasteiger partial charge in [-0.2, -0.15) is 0 Å². The van der Waals surface area contributed by atoms with Crippen LogP contribution in [0.5, 0.6) is 0 Å². The zero-order valence-electron chi connectivity index (χ0n) is 36.6. The first kappa shape index (κ1) is 41.0. The van der Waals surface area contributed by atoms with Gasteiger partial charge in [0, 0.05) is 33.4 Å². The highest BCUT2D eigenvalue weighted by molar-refractivity contribution is 7.19. The molecule has 2 aromatic heterocycles. The summed E-state index contributed by atoms with van der Waals surface area (Å²) in [4.78, 5) is 26.1. The quantitative estimate of drug-likeness (QED) is 0.0957. The van der Waals surface area contributed by atoms with Gasteiger partial charge in [-0.05, 0) is 44.0 Å². The lowest BCUT2D eigenvalue weighted by Gasteiger charge is -2.34. The highest BCUT2D eigenvalue weighted by Crippen LogP contribution is 2.35. The predicted molar refractivity (Wildman–Crippen MR) is 277 cm³/mol. The van der Waals surface area contributed by atoms with E-state index in [2.05, 4.69) is 200 Å². The first-order chi connectivity index (χ1) is 33.2. The van der Waals surface area contributed by atoms with Crippen molar-refractivity contribution in [3.8, 4) is 79.2 Å². The van der Waals surface area contributed by atoms with E-state index in [4.69, 9.17) is 24.9 Å². The summed E-state index contributed by atoms with van der Waals surface area (Å²) in [5, 5.41) is 5.14. The van der Waals surface area contributed by atoms with Crippen LogP contribution in [-0.2, 0) is 0 Å². The molecule has 67 heavy (non-hydrogen) atoms. The number of aromatic nitrogens is 5. The second kappa shape index (κ2) is 18.4. The van der Waals surface area contributed by atoms with Gasteiger partial charge < -0.3 is 0 Å². The van der Waals surface area contributed by atoms with Gasteiger partial charge in [0.15, 0.2) is 31.4 Å². The van der Waals surface area contributed by atoms with Crippen LogP contribution in [0, 0.1) is 0 Å². The number of benzene rings is 9. The van der Waals surface area contributed by atoms with E-state index in [1.165, 1.54) is 20.7 Å². The minimum atomic E-state index is -2.83. The lowest BCUT2D eigenvalue weighted by Crippen LogP contribution is -2.74. The van der Waals surface area contributed by atoms with Crippen LogP contribution in [0.1, 0.15) is 0 Å². The minimum Gasteiger partial charge on any atom is -0.228 e. The summed E-state index contributed by atoms with van der Waals surface area (Å²) in [6.07, 6.45) is 0. The zero-order valence-corrected chi connectivity index (χ0v) is 37.6. The van der Waals surface area contributed by atoms with Gasteiger partial charge in [0.2, 0.25) is 0 Å². The Hall–Kier alpha value is -8.71. The van der Waals surface area contributed by atoms with Gasteiger partial charge in [0.1, 0.15) is 0 Å². The Labute approximate surface area is 391 Å². The summed E-state index contributed by atoms with van der Waals surface area (Å²) in [7, 11) is -2.83. The molecule has 0 saturated carbocycles. The Balaban J connectivity index is 1.06. The van der Waals surface area contributed by atoms with E-state index in [0.29, 0.717) is 23.3 Å². The molecule has 0 aliphatic rings. The molecular weight excluding hydrogens is 831 g/mol. The Morgan fingerprint density at radius 1 is 0.209 bits per heavy atom. The maximum atomic E-state index is 5.37. The molecule has 11 rings (SSSR count). The Bertz CT molecular complexity index is 3290. The normalized spacial score (nSPS) is 11.3. The van der Waals surface area contributed by atoms with Crippen LogP contribution in [0.15, 0.2) is 261 Å². The predicted octanol–water partition coefficient (Wildman–Crippen LogP) is 11.7. The molecule has 11 aromatic rings. The highest BCUT2D eigenvalue weighted by Gasteiger charge is 2.41. The van der Waals surface area contributed by atoms with Crippen molar-refractivity contribution in [3.05, 3.63) is 261 Å². The lowest BCUT2D eigenvalue weighted by atomic mass is 9.97. The van der Waals surface area contributed by atoms with Gasteiger partial charge in [0.25, 0.3) is 0 Å². The van der Waals surface area contributed by atoms with Crippen LogP contribution in [0.3, 0.4) is 0 Å². The zero-order chi connectivity index (χ0) is 44.8. The summed E-state index contributed by atoms with van der Waals surface area (Å²) >= 11 is 0. The largest absolute Gasteiger partial charge is 0.228 e. The molecule has 0 radical (unpaired) electrons. The number of hydrogen-bond acceptors (Lipinski definition) is 5. The van der Waals surface area contributed by atoms with Gasteiger partial charge in [-0.3, -0.25) is 0 Å². The molecule has 0 saturated heterocycles. The number of rotatable bonds is 11. The SMILES string of the molecule is c1ccc(-c2cc(-c3ccccc3)nc(-c3cccc(-c4ccccc4-c4nc(-c5ccccc5)nc(-c5cccc([Si](c6ccccc6)(c6ccccc6)c6ccccc6)c5)n4)c3)n2)cc1. The Morgan fingerprint density at radius 3 is 1.07 bits per heavy atom. The minimum absolute atomic E-state index is 0.585. The fraction of sp³-hybridized carbons (Fsp3) is 0. The standard InChI is InChI=1S/C61H43N5Si/c1-7-23-44(24-8-1)56-43-57(45-25-9-2-10-26-45)63-59(62-56)48-30-21-29-47(41-48)54-39-19-20-40-55(54)61-65-58(46-27-11-3-12-28-46)64-60(66-61)49-31-22-38-53(42-49)67(50-32-13-4-14-33-50,51-34-15-5-16-35-51)52-36-17-6-18-37-52/h1-43H. The van der Waals surface area contributed by atoms with Crippen LogP contribution in [0.2, 0.25) is 0 Å². The van der Waals surface area contributed by atoms with Gasteiger partial charge in [-0.15, -0.1) is 0 Å². The third kappa shape index (κ3) is 8.18. The van der Waals surface area contributed by atoms with Crippen LogP contribution in [0.4, 0.5) is 0 Å². The summed E-state index contributed by atoms with van der Waals surface area (Å²) in [5.74, 6) is 2.44. The average Bonchev–Trinajstić information content (AvgIpc) is 3.42. The monoisotopic (exact) mass is 873 g/mol. The molecule has 0 spiro atoms. The van der Waals surface area contributed by atoms with Crippen molar-refractivity contribution >= 4 is 28.8 Å². The third-order valence-corrected chi connectivity index (χ3v) is 17.1. The van der Waals surface area contributed by atoms with Gasteiger partial charge in [-0.25, -0.2) is 24.9 Å². The van der Waals surface area contributed by atoms with Crippen molar-refractivity contribution in [2.24, 2.45) is 0 Å². The van der Waals surface area contributed by atoms with Crippen LogP contribution in [0.25, 0.3) is 79.2 Å². The molecule has 0 aliphatic heterocycles. The molecule has 0 amide bonds. The summed E-state index contributed by atoms with van der Waals surface area (Å²) in [5.41, 5.74) is 9.40. The van der Waals surface area contributed by atoms with E-state index in [9.17, 15) is 0 Å². The second-order valence-electron chi connectivity index (χ2n) is 16.4. The van der Waals surface area contributed by atoms with E-state index in [0.717, 1.165) is 55.9 Å². The number of hydrogen-bond donors (Lipinski definition) is 0. The number of nitrogens with zero attached hydrogens (tertiary/aromatic N) is 5. The van der Waals surface area contributed by atoms with Crippen LogP contribution >= 0.6 is 0 Å². The average molecular weight is 874 g/mol. The Morgan fingerprint density at radius 2 is 0.552 bits per heavy atom. The second-order valence-corrected chi connectivity index (χ2v) is 20.2. The lowest BCUT2D eigenvalue weighted by molar-refractivity contribution is 1.07. The molecule has 0 N–H and O–H groups in total. The Kier molecular flexibility index (Phi) is 11.3. The molecule has 0 aliphatic carbocycles. The molecule has 9 aromatic carbocycles. The third-order valence-electron chi connectivity index (χ3n) is 12.3. The first-order valence-corrected chi connectivity index (χ1v) is 24.5. The van der Waals surface area contributed by atoms with Crippen molar-refractivity contribution in [2.75, 3.05) is 0 Å². The van der Waals surface area contributed by atoms with Crippen molar-refractivity contribution in [1.82, 2.24) is 24.9 Å². The van der Waals surface area contributed by atoms with E-state index >= 15 is 0 Å². The first-order valence-electron chi connectivity index (χ1n) is 22.5. The van der Waals surface area contributed by atoms with E-state index in [1.807, 2.05) is 60.7 Å². The highest BCUT2D eigenvalue weighted by atomic mass is 28.3. The fourth-order valence-electron chi connectivity index (χ4n) is 9.14. The van der Waals surface area contributed by atoms with Crippen molar-refractivity contribution in [2.45, 2.75) is 0 Å². The van der Waals surface area contributed by atoms with Crippen LogP contribution in [-0.4, -0.2) is 33.0 Å². The smallest absolute Gasteiger partial charge is 0.179 e. The topological polar surface area (TPSA) is 64.5 Å². The summed E-state index contributed by atoms with van der Waals surface area (Å²) in [6.45, 7) is 0. The van der Waals surface area contributed by atoms with E-state index in [1.54, 1.807) is 0 Å². The van der Waals surface area contributed by atoms with E-state index in [-0.39, 0.29) is 0 Å². The molecule has 0 fully saturated rings. The van der Waals surface area contributed by atoms with Gasteiger partial charge in [-0.1, -0.05) is 249 Å². The molecule has 5 nitrogen and oxygen atoms in total. The maximum absolute atomic E-state index is 5.37. The summed E-state index contributed by atoms with van der Waals surface area (Å²) in [6, 6.07) is 91.4. The fourth-order valence-corrected chi connectivity index (χ4v) is 13.9. The van der Waals surface area contributed by atoms with Crippen molar-refractivity contribution in [3.63, 3.8) is 0 Å². The van der Waals surface area contributed by atoms with Gasteiger partial charge in [0.05, 0.1) is 11.4 Å². The van der Waals surface area contributed by atoms with Crippen molar-refractivity contribution < 1.29 is 0 Å². The molecular formula is C61H43N5Si. The van der Waals surface area contributed by atoms with Gasteiger partial charge >= 0.3 is 0 Å². The van der Waals surface area contributed by atoms with Crippen molar-refractivity contribution in [1.29, 1.82) is 0 Å². The maximum Gasteiger partial charge on any atom is 0.179 e. The van der Waals surface area contributed by atoms with E-state index < -0.39 is 8.07 Å².